The average molecular weight is 178 g/mol. The molecule has 0 saturated carbocycles. The maximum atomic E-state index is 12.0. The minimum atomic E-state index is -4.52. The van der Waals surface area contributed by atoms with Crippen molar-refractivity contribution in [2.75, 3.05) is 0 Å². The molecule has 0 fully saturated rings. The van der Waals surface area contributed by atoms with Crippen LogP contribution in [0.4, 0.5) is 22.0 Å². The van der Waals surface area contributed by atoms with Crippen molar-refractivity contribution in [3.8, 4) is 0 Å². The van der Waals surface area contributed by atoms with Crippen molar-refractivity contribution in [3.05, 3.63) is 11.7 Å². The standard InChI is InChI=1S/C4ClF5/c5-3(8)1(6)2(7)4(3,9)10. The maximum absolute atomic E-state index is 12.0. The van der Waals surface area contributed by atoms with Crippen LogP contribution in [0.2, 0.25) is 0 Å². The summed E-state index contributed by atoms with van der Waals surface area (Å²) in [6.45, 7) is 0. The SMILES string of the molecule is FC1=C(F)C(F)(Cl)C1(F)F. The first-order valence-electron chi connectivity index (χ1n) is 2.13. The van der Waals surface area contributed by atoms with Gasteiger partial charge in [-0.2, -0.15) is 8.78 Å². The van der Waals surface area contributed by atoms with Crippen LogP contribution in [-0.4, -0.2) is 11.1 Å². The van der Waals surface area contributed by atoms with E-state index in [1.807, 2.05) is 0 Å². The van der Waals surface area contributed by atoms with E-state index in [0.29, 0.717) is 0 Å². The Hall–Kier alpha value is -0.320. The summed E-state index contributed by atoms with van der Waals surface area (Å²) in [6, 6.07) is 0. The summed E-state index contributed by atoms with van der Waals surface area (Å²) in [7, 11) is 0. The number of hydrogen-bond donors (Lipinski definition) is 0. The molecule has 0 spiro atoms. The van der Waals surface area contributed by atoms with Crippen molar-refractivity contribution in [2.24, 2.45) is 0 Å². The third kappa shape index (κ3) is 0.563. The van der Waals surface area contributed by atoms with Gasteiger partial charge >= 0.3 is 11.1 Å². The van der Waals surface area contributed by atoms with E-state index in [1.165, 1.54) is 0 Å². The molecular formula is C4ClF5. The Morgan fingerprint density at radius 3 is 1.50 bits per heavy atom. The monoisotopic (exact) mass is 178 g/mol. The number of rotatable bonds is 0. The summed E-state index contributed by atoms with van der Waals surface area (Å²) in [5.41, 5.74) is 0. The molecule has 1 unspecified atom stereocenters. The molecule has 0 amide bonds. The van der Waals surface area contributed by atoms with E-state index in [-0.39, 0.29) is 0 Å². The fraction of sp³-hybridized carbons (Fsp3) is 0.500. The van der Waals surface area contributed by atoms with Crippen LogP contribution >= 0.6 is 11.6 Å². The Balaban J connectivity index is 3.10. The van der Waals surface area contributed by atoms with Gasteiger partial charge in [-0.25, -0.2) is 13.2 Å². The lowest BCUT2D eigenvalue weighted by molar-refractivity contribution is -0.109. The zero-order valence-corrected chi connectivity index (χ0v) is 5.02. The smallest absolute Gasteiger partial charge is 0.211 e. The average Bonchev–Trinajstić information content (AvgIpc) is 1.84. The minimum Gasteiger partial charge on any atom is -0.211 e. The molecule has 6 heteroatoms. The fourth-order valence-corrected chi connectivity index (χ4v) is 0.655. The summed E-state index contributed by atoms with van der Waals surface area (Å²) in [6.07, 6.45) is 0. The van der Waals surface area contributed by atoms with Crippen molar-refractivity contribution in [3.63, 3.8) is 0 Å². The minimum absolute atomic E-state index is 2.24. The second-order valence-electron chi connectivity index (χ2n) is 1.78. The van der Waals surface area contributed by atoms with E-state index in [9.17, 15) is 22.0 Å². The lowest BCUT2D eigenvalue weighted by Gasteiger charge is -2.33. The molecule has 58 valence electrons. The Bertz CT molecular complexity index is 184. The van der Waals surface area contributed by atoms with Gasteiger partial charge < -0.3 is 0 Å². The fourth-order valence-electron chi connectivity index (χ4n) is 0.489. The van der Waals surface area contributed by atoms with Crippen molar-refractivity contribution in [1.29, 1.82) is 0 Å². The van der Waals surface area contributed by atoms with Crippen molar-refractivity contribution in [1.82, 2.24) is 0 Å². The van der Waals surface area contributed by atoms with Gasteiger partial charge in [0.2, 0.25) is 5.83 Å². The first-order valence-corrected chi connectivity index (χ1v) is 2.51. The molecule has 0 aliphatic heterocycles. The first-order chi connectivity index (χ1) is 4.32. The molecule has 0 aromatic carbocycles. The van der Waals surface area contributed by atoms with E-state index >= 15 is 0 Å². The molecule has 0 aromatic heterocycles. The molecule has 10 heavy (non-hydrogen) atoms. The van der Waals surface area contributed by atoms with Crippen LogP contribution in [-0.2, 0) is 0 Å². The highest BCUT2D eigenvalue weighted by Crippen LogP contribution is 2.57. The highest BCUT2D eigenvalue weighted by Gasteiger charge is 2.72. The van der Waals surface area contributed by atoms with Crippen LogP contribution in [0.5, 0.6) is 0 Å². The van der Waals surface area contributed by atoms with E-state index in [1.54, 1.807) is 0 Å². The normalized spacial score (nSPS) is 37.8. The molecule has 0 aromatic rings. The molecule has 1 aliphatic carbocycles. The van der Waals surface area contributed by atoms with Crippen LogP contribution < -0.4 is 0 Å². The molecule has 0 bridgehead atoms. The highest BCUT2D eigenvalue weighted by molar-refractivity contribution is 6.26. The summed E-state index contributed by atoms with van der Waals surface area (Å²) in [5.74, 6) is -9.18. The predicted octanol–water partition coefficient (Wildman–Crippen LogP) is 2.69. The molecule has 0 heterocycles. The predicted molar refractivity (Wildman–Crippen MR) is 23.9 cm³/mol. The number of alkyl halides is 4. The van der Waals surface area contributed by atoms with E-state index in [0.717, 1.165) is 0 Å². The molecule has 1 aliphatic rings. The van der Waals surface area contributed by atoms with Gasteiger partial charge in [-0.05, 0) is 0 Å². The zero-order chi connectivity index (χ0) is 8.15. The van der Waals surface area contributed by atoms with Gasteiger partial charge in [-0.15, -0.1) is 0 Å². The lowest BCUT2D eigenvalue weighted by atomic mass is 9.99. The van der Waals surface area contributed by atoms with Crippen LogP contribution in [0.1, 0.15) is 0 Å². The summed E-state index contributed by atoms with van der Waals surface area (Å²) < 4.78 is 58.8. The number of hydrogen-bond acceptors (Lipinski definition) is 0. The van der Waals surface area contributed by atoms with E-state index < -0.39 is 22.7 Å². The quantitative estimate of drug-likeness (QED) is 0.395. The number of halogens is 6. The Labute approximate surface area is 57.3 Å². The largest absolute Gasteiger partial charge is 0.355 e. The van der Waals surface area contributed by atoms with Gasteiger partial charge in [0.05, 0.1) is 0 Å². The van der Waals surface area contributed by atoms with E-state index in [4.69, 9.17) is 0 Å². The van der Waals surface area contributed by atoms with Crippen LogP contribution in [0.25, 0.3) is 0 Å². The van der Waals surface area contributed by atoms with Gasteiger partial charge in [0.25, 0.3) is 0 Å². The van der Waals surface area contributed by atoms with Crippen LogP contribution in [0.3, 0.4) is 0 Å². The van der Waals surface area contributed by atoms with Crippen molar-refractivity contribution < 1.29 is 22.0 Å². The third-order valence-electron chi connectivity index (χ3n) is 1.14. The topological polar surface area (TPSA) is 0 Å². The summed E-state index contributed by atoms with van der Waals surface area (Å²) in [4.78, 5) is 0. The van der Waals surface area contributed by atoms with Crippen LogP contribution in [0.15, 0.2) is 11.7 Å². The summed E-state index contributed by atoms with van der Waals surface area (Å²) >= 11 is 4.25. The lowest BCUT2D eigenvalue weighted by Crippen LogP contribution is -2.50. The second kappa shape index (κ2) is 1.64. The molecule has 0 radical (unpaired) electrons. The molecular weight excluding hydrogens is 178 g/mol. The molecule has 1 atom stereocenters. The van der Waals surface area contributed by atoms with Crippen molar-refractivity contribution in [2.45, 2.75) is 11.1 Å². The highest BCUT2D eigenvalue weighted by atomic mass is 35.5. The van der Waals surface area contributed by atoms with Gasteiger partial charge in [0.1, 0.15) is 0 Å². The van der Waals surface area contributed by atoms with Gasteiger partial charge in [-0.3, -0.25) is 0 Å². The van der Waals surface area contributed by atoms with Gasteiger partial charge in [0, 0.05) is 0 Å². The van der Waals surface area contributed by atoms with Gasteiger partial charge in [-0.1, -0.05) is 11.6 Å². The Morgan fingerprint density at radius 1 is 1.00 bits per heavy atom. The zero-order valence-electron chi connectivity index (χ0n) is 4.27. The summed E-state index contributed by atoms with van der Waals surface area (Å²) in [5, 5.41) is -3.98. The molecule has 0 nitrogen and oxygen atoms in total. The van der Waals surface area contributed by atoms with Gasteiger partial charge in [0.15, 0.2) is 5.83 Å². The van der Waals surface area contributed by atoms with E-state index in [2.05, 4.69) is 11.6 Å². The molecule has 1 rings (SSSR count). The molecule has 0 saturated heterocycles. The third-order valence-corrected chi connectivity index (χ3v) is 1.54. The number of allylic oxidation sites excluding steroid dienone is 2. The van der Waals surface area contributed by atoms with Crippen LogP contribution in [0, 0.1) is 0 Å². The van der Waals surface area contributed by atoms with Crippen molar-refractivity contribution >= 4 is 11.6 Å². The molecule has 0 N–H and O–H groups in total. The Kier molecular flexibility index (Phi) is 1.27. The maximum Gasteiger partial charge on any atom is 0.355 e. The first kappa shape index (κ1) is 7.78. The second-order valence-corrected chi connectivity index (χ2v) is 2.30. The Morgan fingerprint density at radius 2 is 1.40 bits per heavy atom.